The summed E-state index contributed by atoms with van der Waals surface area (Å²) in [4.78, 5) is 26.2. The highest BCUT2D eigenvalue weighted by molar-refractivity contribution is 5.84. The Bertz CT molecular complexity index is 965. The monoisotopic (exact) mass is 393 g/mol. The van der Waals surface area contributed by atoms with E-state index in [-0.39, 0.29) is 18.7 Å². The number of benzene rings is 2. The maximum atomic E-state index is 12.4. The standard InChI is InChI=1S/C22H23N3O4/c1-15-9-11-17(12-10-15)21-24-23-18(28-21)13-14-19(26)29-20(22(27)25(2)3)16-7-5-4-6-8-16/h4-12,20H,13-14H2,1-3H3. The third kappa shape index (κ3) is 5.28. The Kier molecular flexibility index (Phi) is 6.39. The molecule has 7 heteroatoms. The van der Waals surface area contributed by atoms with Gasteiger partial charge in [-0.3, -0.25) is 9.59 Å². The predicted octanol–water partition coefficient (Wildman–Crippen LogP) is 3.35. The molecule has 3 aromatic rings. The van der Waals surface area contributed by atoms with Gasteiger partial charge in [-0.25, -0.2) is 0 Å². The Hall–Kier alpha value is -3.48. The number of aromatic nitrogens is 2. The molecule has 3 rings (SSSR count). The maximum absolute atomic E-state index is 12.4. The minimum absolute atomic E-state index is 0.0274. The second kappa shape index (κ2) is 9.14. The molecule has 0 saturated carbocycles. The van der Waals surface area contributed by atoms with Crippen LogP contribution in [-0.4, -0.2) is 41.1 Å². The van der Waals surface area contributed by atoms with Gasteiger partial charge in [-0.2, -0.15) is 0 Å². The second-order valence-electron chi connectivity index (χ2n) is 6.88. The van der Waals surface area contributed by atoms with Crippen LogP contribution in [-0.2, 0) is 20.7 Å². The number of carbonyl (C=O) groups excluding carboxylic acids is 2. The zero-order valence-corrected chi connectivity index (χ0v) is 16.7. The van der Waals surface area contributed by atoms with E-state index in [9.17, 15) is 9.59 Å². The average Bonchev–Trinajstić information content (AvgIpc) is 3.20. The molecule has 1 heterocycles. The first-order valence-electron chi connectivity index (χ1n) is 9.29. The molecule has 1 amide bonds. The van der Waals surface area contributed by atoms with Crippen molar-refractivity contribution >= 4 is 11.9 Å². The first kappa shape index (κ1) is 20.3. The number of aryl methyl sites for hydroxylation is 2. The van der Waals surface area contributed by atoms with Crippen LogP contribution in [0.15, 0.2) is 59.0 Å². The smallest absolute Gasteiger partial charge is 0.307 e. The molecular formula is C22H23N3O4. The quantitative estimate of drug-likeness (QED) is 0.572. The van der Waals surface area contributed by atoms with E-state index in [4.69, 9.17) is 9.15 Å². The lowest BCUT2D eigenvalue weighted by Crippen LogP contribution is -2.31. The first-order chi connectivity index (χ1) is 13.9. The maximum Gasteiger partial charge on any atom is 0.307 e. The Balaban J connectivity index is 1.62. The van der Waals surface area contributed by atoms with E-state index in [1.807, 2.05) is 37.3 Å². The van der Waals surface area contributed by atoms with Crippen molar-refractivity contribution < 1.29 is 18.7 Å². The number of likely N-dealkylation sites (N-methyl/N-ethyl adjacent to an activating group) is 1. The van der Waals surface area contributed by atoms with E-state index in [2.05, 4.69) is 10.2 Å². The van der Waals surface area contributed by atoms with E-state index >= 15 is 0 Å². The molecule has 0 fully saturated rings. The predicted molar refractivity (Wildman–Crippen MR) is 107 cm³/mol. The summed E-state index contributed by atoms with van der Waals surface area (Å²) in [6.45, 7) is 2.00. The summed E-state index contributed by atoms with van der Waals surface area (Å²) < 4.78 is 11.1. The Morgan fingerprint density at radius 3 is 2.38 bits per heavy atom. The molecule has 0 saturated heterocycles. The number of hydrogen-bond acceptors (Lipinski definition) is 6. The van der Waals surface area contributed by atoms with Crippen LogP contribution in [0.1, 0.15) is 29.5 Å². The molecule has 0 bridgehead atoms. The van der Waals surface area contributed by atoms with Crippen LogP contribution in [0.3, 0.4) is 0 Å². The lowest BCUT2D eigenvalue weighted by Gasteiger charge is -2.21. The second-order valence-corrected chi connectivity index (χ2v) is 6.88. The van der Waals surface area contributed by atoms with E-state index in [1.165, 1.54) is 4.90 Å². The van der Waals surface area contributed by atoms with Gasteiger partial charge in [0, 0.05) is 31.6 Å². The molecule has 0 aliphatic heterocycles. The molecule has 0 aliphatic rings. The number of amides is 1. The third-order valence-electron chi connectivity index (χ3n) is 4.33. The molecule has 0 aliphatic carbocycles. The highest BCUT2D eigenvalue weighted by Gasteiger charge is 2.26. The van der Waals surface area contributed by atoms with Crippen LogP contribution in [0.4, 0.5) is 0 Å². The van der Waals surface area contributed by atoms with Crippen LogP contribution in [0.2, 0.25) is 0 Å². The summed E-state index contributed by atoms with van der Waals surface area (Å²) in [5.74, 6) is -0.0702. The SMILES string of the molecule is Cc1ccc(-c2nnc(CCC(=O)OC(C(=O)N(C)C)c3ccccc3)o2)cc1. The van der Waals surface area contributed by atoms with Gasteiger partial charge in [0.15, 0.2) is 0 Å². The highest BCUT2D eigenvalue weighted by Crippen LogP contribution is 2.21. The van der Waals surface area contributed by atoms with Gasteiger partial charge in [0.05, 0.1) is 6.42 Å². The lowest BCUT2D eigenvalue weighted by molar-refractivity contribution is -0.159. The number of hydrogen-bond donors (Lipinski definition) is 0. The lowest BCUT2D eigenvalue weighted by atomic mass is 10.1. The van der Waals surface area contributed by atoms with E-state index in [0.717, 1.165) is 11.1 Å². The van der Waals surface area contributed by atoms with Gasteiger partial charge in [-0.1, -0.05) is 48.0 Å². The third-order valence-corrected chi connectivity index (χ3v) is 4.33. The van der Waals surface area contributed by atoms with Gasteiger partial charge in [-0.15, -0.1) is 10.2 Å². The molecule has 0 spiro atoms. The summed E-state index contributed by atoms with van der Waals surface area (Å²) in [6.07, 6.45) is -0.723. The van der Waals surface area contributed by atoms with Crippen molar-refractivity contribution in [2.75, 3.05) is 14.1 Å². The largest absolute Gasteiger partial charge is 0.447 e. The van der Waals surface area contributed by atoms with Crippen LogP contribution in [0.5, 0.6) is 0 Å². The fraction of sp³-hybridized carbons (Fsp3) is 0.273. The number of carbonyl (C=O) groups is 2. The number of rotatable bonds is 7. The normalized spacial score (nSPS) is 11.7. The van der Waals surface area contributed by atoms with Gasteiger partial charge >= 0.3 is 5.97 Å². The van der Waals surface area contributed by atoms with Crippen molar-refractivity contribution in [3.05, 3.63) is 71.6 Å². The van der Waals surface area contributed by atoms with Crippen molar-refractivity contribution in [1.82, 2.24) is 15.1 Å². The summed E-state index contributed by atoms with van der Waals surface area (Å²) >= 11 is 0. The summed E-state index contributed by atoms with van der Waals surface area (Å²) in [5, 5.41) is 8.01. The van der Waals surface area contributed by atoms with Crippen molar-refractivity contribution in [3.8, 4) is 11.5 Å². The summed E-state index contributed by atoms with van der Waals surface area (Å²) in [7, 11) is 3.24. The zero-order chi connectivity index (χ0) is 20.8. The zero-order valence-electron chi connectivity index (χ0n) is 16.7. The fourth-order valence-corrected chi connectivity index (χ4v) is 2.69. The van der Waals surface area contributed by atoms with Crippen LogP contribution < -0.4 is 0 Å². The molecule has 2 aromatic carbocycles. The minimum Gasteiger partial charge on any atom is -0.447 e. The van der Waals surface area contributed by atoms with Crippen molar-refractivity contribution in [1.29, 1.82) is 0 Å². The first-order valence-corrected chi connectivity index (χ1v) is 9.29. The van der Waals surface area contributed by atoms with Gasteiger partial charge in [0.25, 0.3) is 5.91 Å². The summed E-state index contributed by atoms with van der Waals surface area (Å²) in [6, 6.07) is 16.7. The molecule has 0 N–H and O–H groups in total. The summed E-state index contributed by atoms with van der Waals surface area (Å²) in [5.41, 5.74) is 2.58. The number of esters is 1. The molecule has 1 unspecified atom stereocenters. The van der Waals surface area contributed by atoms with Gasteiger partial charge < -0.3 is 14.1 Å². The highest BCUT2D eigenvalue weighted by atomic mass is 16.5. The molecule has 1 atom stereocenters. The molecular weight excluding hydrogens is 370 g/mol. The number of nitrogens with zero attached hydrogens (tertiary/aromatic N) is 3. The average molecular weight is 393 g/mol. The van der Waals surface area contributed by atoms with E-state index < -0.39 is 12.1 Å². The van der Waals surface area contributed by atoms with Gasteiger partial charge in [0.1, 0.15) is 0 Å². The van der Waals surface area contributed by atoms with E-state index in [0.29, 0.717) is 17.3 Å². The number of ether oxygens (including phenoxy) is 1. The van der Waals surface area contributed by atoms with Crippen LogP contribution >= 0.6 is 0 Å². The van der Waals surface area contributed by atoms with Gasteiger partial charge in [-0.05, 0) is 19.1 Å². The molecule has 7 nitrogen and oxygen atoms in total. The van der Waals surface area contributed by atoms with Crippen LogP contribution in [0, 0.1) is 6.92 Å². The molecule has 1 aromatic heterocycles. The molecule has 0 radical (unpaired) electrons. The molecule has 29 heavy (non-hydrogen) atoms. The van der Waals surface area contributed by atoms with Crippen molar-refractivity contribution in [2.24, 2.45) is 0 Å². The Morgan fingerprint density at radius 2 is 1.72 bits per heavy atom. The van der Waals surface area contributed by atoms with E-state index in [1.54, 1.807) is 38.4 Å². The molecule has 150 valence electrons. The van der Waals surface area contributed by atoms with Crippen molar-refractivity contribution in [2.45, 2.75) is 25.9 Å². The topological polar surface area (TPSA) is 85.5 Å². The Morgan fingerprint density at radius 1 is 1.03 bits per heavy atom. The fourth-order valence-electron chi connectivity index (χ4n) is 2.69. The minimum atomic E-state index is -0.982. The van der Waals surface area contributed by atoms with Gasteiger partial charge in [0.2, 0.25) is 17.9 Å². The van der Waals surface area contributed by atoms with Crippen molar-refractivity contribution in [3.63, 3.8) is 0 Å². The Labute approximate surface area is 169 Å². The van der Waals surface area contributed by atoms with Crippen LogP contribution in [0.25, 0.3) is 11.5 Å².